The second-order valence-corrected chi connectivity index (χ2v) is 7.21. The van der Waals surface area contributed by atoms with E-state index in [-0.39, 0.29) is 12.5 Å². The van der Waals surface area contributed by atoms with Crippen LogP contribution in [0.4, 0.5) is 17.6 Å². The van der Waals surface area contributed by atoms with Gasteiger partial charge in [0.2, 0.25) is 0 Å². The molecule has 3 rings (SSSR count). The van der Waals surface area contributed by atoms with Crippen molar-refractivity contribution >= 4 is 11.9 Å². The first-order valence-electron chi connectivity index (χ1n) is 9.17. The Kier molecular flexibility index (Phi) is 7.45. The molecule has 1 aliphatic carbocycles. The fourth-order valence-corrected chi connectivity index (χ4v) is 3.34. The summed E-state index contributed by atoms with van der Waals surface area (Å²) in [6.45, 7) is 1.65. The zero-order valence-corrected chi connectivity index (χ0v) is 15.6. The number of halogens is 4. The van der Waals surface area contributed by atoms with Gasteiger partial charge in [0.1, 0.15) is 11.4 Å². The fourth-order valence-electron chi connectivity index (χ4n) is 3.34. The smallest absolute Gasteiger partial charge is 0.490 e. The summed E-state index contributed by atoms with van der Waals surface area (Å²) in [6.07, 6.45) is -2.62. The maximum atomic E-state index is 14.7. The van der Waals surface area contributed by atoms with Crippen LogP contribution in [-0.2, 0) is 22.6 Å². The first-order chi connectivity index (χ1) is 13.5. The number of nitrogens with one attached hydrogen (secondary N) is 1. The van der Waals surface area contributed by atoms with Gasteiger partial charge in [0.15, 0.2) is 0 Å². The second kappa shape index (κ2) is 9.43. The lowest BCUT2D eigenvalue weighted by molar-refractivity contribution is -0.192. The molecule has 0 saturated heterocycles. The summed E-state index contributed by atoms with van der Waals surface area (Å²) in [6, 6.07) is 6.09. The molecule has 1 aromatic rings. The van der Waals surface area contributed by atoms with Gasteiger partial charge in [-0.05, 0) is 42.9 Å². The molecule has 0 amide bonds. The zero-order chi connectivity index (χ0) is 21.7. The Balaban J connectivity index is 0.000000370. The lowest BCUT2D eigenvalue weighted by Gasteiger charge is -2.32. The third-order valence-corrected chi connectivity index (χ3v) is 5.00. The highest BCUT2D eigenvalue weighted by atomic mass is 19.4. The Morgan fingerprint density at radius 1 is 1.21 bits per heavy atom. The third-order valence-electron chi connectivity index (χ3n) is 5.00. The number of benzene rings is 1. The van der Waals surface area contributed by atoms with E-state index in [4.69, 9.17) is 19.7 Å². The molecule has 1 aromatic carbocycles. The average molecular weight is 421 g/mol. The van der Waals surface area contributed by atoms with Crippen molar-refractivity contribution in [3.05, 3.63) is 29.3 Å². The summed E-state index contributed by atoms with van der Waals surface area (Å²) in [5.41, 5.74) is 1.08. The summed E-state index contributed by atoms with van der Waals surface area (Å²) in [5.74, 6) is -2.97. The maximum Gasteiger partial charge on any atom is 0.490 e. The molecule has 6 nitrogen and oxygen atoms in total. The number of hydrogen-bond donors (Lipinski definition) is 3. The van der Waals surface area contributed by atoms with Crippen LogP contribution in [0.5, 0.6) is 5.75 Å². The molecule has 1 aliphatic heterocycles. The summed E-state index contributed by atoms with van der Waals surface area (Å²) >= 11 is 0. The van der Waals surface area contributed by atoms with Crippen LogP contribution in [0.25, 0.3) is 0 Å². The van der Waals surface area contributed by atoms with Crippen LogP contribution in [0.15, 0.2) is 18.2 Å². The van der Waals surface area contributed by atoms with E-state index in [0.717, 1.165) is 24.3 Å². The van der Waals surface area contributed by atoms with E-state index in [1.807, 2.05) is 12.1 Å². The van der Waals surface area contributed by atoms with Gasteiger partial charge in [0.25, 0.3) is 0 Å². The number of carboxylic acids is 2. The van der Waals surface area contributed by atoms with Crippen molar-refractivity contribution < 1.29 is 42.1 Å². The SMILES string of the molecule is O=C(O)C(F)(F)F.O=C(O)C1CCC(F)(CNCc2ccc3c(c2)CCO3)CC1. The number of alkyl halides is 4. The second-order valence-electron chi connectivity index (χ2n) is 7.21. The number of hydrogen-bond acceptors (Lipinski definition) is 4. The monoisotopic (exact) mass is 421 g/mol. The number of carbonyl (C=O) groups is 2. The Bertz CT molecular complexity index is 730. The van der Waals surface area contributed by atoms with Gasteiger partial charge in [-0.15, -0.1) is 0 Å². The van der Waals surface area contributed by atoms with Gasteiger partial charge in [-0.3, -0.25) is 4.79 Å². The zero-order valence-electron chi connectivity index (χ0n) is 15.6. The number of ether oxygens (including phenoxy) is 1. The first kappa shape index (κ1) is 22.9. The van der Waals surface area contributed by atoms with Crippen LogP contribution in [-0.4, -0.2) is 47.1 Å². The molecule has 1 heterocycles. The highest BCUT2D eigenvalue weighted by Crippen LogP contribution is 2.35. The molecular formula is C19H23F4NO5. The Morgan fingerprint density at radius 2 is 1.83 bits per heavy atom. The summed E-state index contributed by atoms with van der Waals surface area (Å²) in [4.78, 5) is 19.8. The molecule has 0 unspecified atom stereocenters. The number of carboxylic acid groups (broad SMARTS) is 2. The van der Waals surface area contributed by atoms with Crippen LogP contribution < -0.4 is 10.1 Å². The predicted molar refractivity (Wildman–Crippen MR) is 94.5 cm³/mol. The molecule has 0 bridgehead atoms. The van der Waals surface area contributed by atoms with Gasteiger partial charge in [0.05, 0.1) is 12.5 Å². The summed E-state index contributed by atoms with van der Waals surface area (Å²) in [7, 11) is 0. The van der Waals surface area contributed by atoms with Crippen LogP contribution in [0.1, 0.15) is 36.8 Å². The van der Waals surface area contributed by atoms with E-state index < -0.39 is 23.8 Å². The molecule has 1 saturated carbocycles. The van der Waals surface area contributed by atoms with Gasteiger partial charge >= 0.3 is 18.1 Å². The van der Waals surface area contributed by atoms with Crippen molar-refractivity contribution in [2.24, 2.45) is 5.92 Å². The van der Waals surface area contributed by atoms with Crippen molar-refractivity contribution in [2.75, 3.05) is 13.2 Å². The minimum atomic E-state index is -5.08. The minimum absolute atomic E-state index is 0.285. The summed E-state index contributed by atoms with van der Waals surface area (Å²) < 4.78 is 51.9. The molecule has 0 radical (unpaired) electrons. The highest BCUT2D eigenvalue weighted by Gasteiger charge is 2.38. The molecule has 29 heavy (non-hydrogen) atoms. The quantitative estimate of drug-likeness (QED) is 0.632. The van der Waals surface area contributed by atoms with E-state index in [2.05, 4.69) is 11.4 Å². The van der Waals surface area contributed by atoms with E-state index >= 15 is 0 Å². The van der Waals surface area contributed by atoms with Gasteiger partial charge in [-0.25, -0.2) is 9.18 Å². The van der Waals surface area contributed by atoms with Crippen molar-refractivity contribution in [3.8, 4) is 5.75 Å². The standard InChI is InChI=1S/C17H22FNO3.C2HF3O2/c18-17(6-3-13(4-7-17)16(20)21)11-19-10-12-1-2-15-14(9-12)5-8-22-15;3-2(4,5)1(6)7/h1-2,9,13,19H,3-8,10-11H2,(H,20,21);(H,6,7). The Labute approximate surface area is 164 Å². The number of rotatable bonds is 5. The van der Waals surface area contributed by atoms with Gasteiger partial charge < -0.3 is 20.3 Å². The van der Waals surface area contributed by atoms with Crippen LogP contribution >= 0.6 is 0 Å². The number of aliphatic carboxylic acids is 2. The molecular weight excluding hydrogens is 398 g/mol. The largest absolute Gasteiger partial charge is 0.493 e. The van der Waals surface area contributed by atoms with Gasteiger partial charge in [-0.2, -0.15) is 13.2 Å². The van der Waals surface area contributed by atoms with Crippen LogP contribution in [0.2, 0.25) is 0 Å². The topological polar surface area (TPSA) is 95.9 Å². The average Bonchev–Trinajstić information content (AvgIpc) is 3.09. The molecule has 162 valence electrons. The molecule has 3 N–H and O–H groups in total. The molecule has 0 aromatic heterocycles. The van der Waals surface area contributed by atoms with E-state index in [9.17, 15) is 22.4 Å². The van der Waals surface area contributed by atoms with E-state index in [1.54, 1.807) is 0 Å². The highest BCUT2D eigenvalue weighted by molar-refractivity contribution is 5.73. The van der Waals surface area contributed by atoms with Crippen molar-refractivity contribution in [1.82, 2.24) is 5.32 Å². The molecule has 2 aliphatic rings. The fraction of sp³-hybridized carbons (Fsp3) is 0.579. The van der Waals surface area contributed by atoms with Gasteiger partial charge in [-0.1, -0.05) is 12.1 Å². The minimum Gasteiger partial charge on any atom is -0.493 e. The molecule has 0 atom stereocenters. The van der Waals surface area contributed by atoms with E-state index in [0.29, 0.717) is 32.2 Å². The van der Waals surface area contributed by atoms with E-state index in [1.165, 1.54) is 5.56 Å². The van der Waals surface area contributed by atoms with Crippen molar-refractivity contribution in [2.45, 2.75) is 50.5 Å². The third kappa shape index (κ3) is 6.88. The molecule has 0 spiro atoms. The maximum absolute atomic E-state index is 14.7. The van der Waals surface area contributed by atoms with Crippen LogP contribution in [0, 0.1) is 5.92 Å². The van der Waals surface area contributed by atoms with Crippen molar-refractivity contribution in [3.63, 3.8) is 0 Å². The molecule has 10 heteroatoms. The van der Waals surface area contributed by atoms with Crippen molar-refractivity contribution in [1.29, 1.82) is 0 Å². The Hall–Kier alpha value is -2.36. The first-order valence-corrected chi connectivity index (χ1v) is 9.17. The lowest BCUT2D eigenvalue weighted by Crippen LogP contribution is -2.40. The normalized spacial score (nSPS) is 23.4. The number of fused-ring (bicyclic) bond motifs is 1. The van der Waals surface area contributed by atoms with Gasteiger partial charge in [0, 0.05) is 19.5 Å². The van der Waals surface area contributed by atoms with Crippen LogP contribution in [0.3, 0.4) is 0 Å². The molecule has 1 fully saturated rings. The summed E-state index contributed by atoms with van der Waals surface area (Å²) in [5, 5.41) is 19.3. The predicted octanol–water partition coefficient (Wildman–Crippen LogP) is 3.33. The lowest BCUT2D eigenvalue weighted by atomic mass is 9.80. The Morgan fingerprint density at radius 3 is 2.38 bits per heavy atom.